The highest BCUT2D eigenvalue weighted by molar-refractivity contribution is 5.89. The molecule has 184 valence electrons. The van der Waals surface area contributed by atoms with Crippen molar-refractivity contribution >= 4 is 10.8 Å². The van der Waals surface area contributed by atoms with Crippen LogP contribution in [-0.2, 0) is 6.18 Å². The van der Waals surface area contributed by atoms with Crippen LogP contribution in [0.5, 0.6) is 0 Å². The Balaban J connectivity index is 1.62. The number of benzene rings is 3. The SMILES string of the molecule is CCCC1CCC(C#Cc2cc(F)c(-c3ccc4c(F)c(C(F)(F)F)c(F)cc4c3)c(F)c2)CC1. The molecule has 0 nitrogen and oxygen atoms in total. The summed E-state index contributed by atoms with van der Waals surface area (Å²) in [4.78, 5) is 0. The molecule has 0 radical (unpaired) electrons. The molecule has 7 heteroatoms. The van der Waals surface area contributed by atoms with E-state index in [2.05, 4.69) is 18.8 Å². The highest BCUT2D eigenvalue weighted by Crippen LogP contribution is 2.38. The van der Waals surface area contributed by atoms with Crippen molar-refractivity contribution in [3.63, 3.8) is 0 Å². The Morgan fingerprint density at radius 2 is 1.51 bits per heavy atom. The zero-order chi connectivity index (χ0) is 25.3. The van der Waals surface area contributed by atoms with Crippen LogP contribution in [0.3, 0.4) is 0 Å². The van der Waals surface area contributed by atoms with Crippen LogP contribution in [0, 0.1) is 46.9 Å². The molecule has 0 bridgehead atoms. The Kier molecular flexibility index (Phi) is 7.12. The second-order valence-corrected chi connectivity index (χ2v) is 9.07. The van der Waals surface area contributed by atoms with Gasteiger partial charge < -0.3 is 0 Å². The molecule has 0 aromatic heterocycles. The average molecular weight is 492 g/mol. The second kappa shape index (κ2) is 9.93. The molecule has 0 heterocycles. The van der Waals surface area contributed by atoms with Gasteiger partial charge in [0.05, 0.1) is 5.56 Å². The van der Waals surface area contributed by atoms with Gasteiger partial charge >= 0.3 is 6.18 Å². The third-order valence-corrected chi connectivity index (χ3v) is 6.61. The Bertz CT molecular complexity index is 1280. The summed E-state index contributed by atoms with van der Waals surface area (Å²) in [5, 5.41) is -0.744. The zero-order valence-electron chi connectivity index (χ0n) is 19.0. The fraction of sp³-hybridized carbons (Fsp3) is 0.357. The monoisotopic (exact) mass is 492 g/mol. The highest BCUT2D eigenvalue weighted by Gasteiger charge is 2.38. The first-order valence-corrected chi connectivity index (χ1v) is 11.6. The van der Waals surface area contributed by atoms with Gasteiger partial charge in [0.15, 0.2) is 0 Å². The lowest BCUT2D eigenvalue weighted by Gasteiger charge is -2.25. The van der Waals surface area contributed by atoms with Gasteiger partial charge in [-0.05, 0) is 66.8 Å². The summed E-state index contributed by atoms with van der Waals surface area (Å²) in [5.41, 5.74) is -2.33. The molecule has 0 saturated heterocycles. The minimum Gasteiger partial charge on any atom is -0.206 e. The normalized spacial score (nSPS) is 18.4. The summed E-state index contributed by atoms with van der Waals surface area (Å²) < 4.78 is 97.0. The van der Waals surface area contributed by atoms with Crippen LogP contribution in [0.15, 0.2) is 36.4 Å². The molecule has 4 rings (SSSR count). The van der Waals surface area contributed by atoms with Crippen LogP contribution < -0.4 is 0 Å². The van der Waals surface area contributed by atoms with Crippen molar-refractivity contribution in [1.82, 2.24) is 0 Å². The molecule has 1 saturated carbocycles. The van der Waals surface area contributed by atoms with E-state index in [-0.39, 0.29) is 22.4 Å². The van der Waals surface area contributed by atoms with Gasteiger partial charge in [0.25, 0.3) is 0 Å². The molecular weight excluding hydrogens is 469 g/mol. The van der Waals surface area contributed by atoms with E-state index in [1.54, 1.807) is 0 Å². The first-order chi connectivity index (χ1) is 16.6. The van der Waals surface area contributed by atoms with Gasteiger partial charge in [-0.1, -0.05) is 43.7 Å². The van der Waals surface area contributed by atoms with Crippen molar-refractivity contribution in [2.45, 2.75) is 51.6 Å². The van der Waals surface area contributed by atoms with E-state index in [1.165, 1.54) is 6.42 Å². The zero-order valence-corrected chi connectivity index (χ0v) is 19.0. The third kappa shape index (κ3) is 5.32. The van der Waals surface area contributed by atoms with Gasteiger partial charge in [-0.2, -0.15) is 13.2 Å². The largest absolute Gasteiger partial charge is 0.422 e. The van der Waals surface area contributed by atoms with E-state index in [9.17, 15) is 30.7 Å². The number of hydrogen-bond donors (Lipinski definition) is 0. The summed E-state index contributed by atoms with van der Waals surface area (Å²) in [6.07, 6.45) is 1.26. The van der Waals surface area contributed by atoms with E-state index in [0.717, 1.165) is 68.4 Å². The lowest BCUT2D eigenvalue weighted by Crippen LogP contribution is -2.13. The van der Waals surface area contributed by atoms with Gasteiger partial charge in [-0.3, -0.25) is 0 Å². The van der Waals surface area contributed by atoms with Crippen molar-refractivity contribution < 1.29 is 30.7 Å². The van der Waals surface area contributed by atoms with E-state index in [1.807, 2.05) is 0 Å². The van der Waals surface area contributed by atoms with Crippen LogP contribution >= 0.6 is 0 Å². The number of rotatable bonds is 3. The Morgan fingerprint density at radius 1 is 0.857 bits per heavy atom. The van der Waals surface area contributed by atoms with Crippen LogP contribution in [0.1, 0.15) is 56.6 Å². The van der Waals surface area contributed by atoms with Crippen LogP contribution in [-0.4, -0.2) is 0 Å². The second-order valence-electron chi connectivity index (χ2n) is 9.07. The Hall–Kier alpha value is -3.01. The number of halogens is 7. The van der Waals surface area contributed by atoms with Gasteiger partial charge in [-0.15, -0.1) is 0 Å². The number of alkyl halides is 3. The highest BCUT2D eigenvalue weighted by atomic mass is 19.4. The molecular formula is C28H23F7. The molecule has 35 heavy (non-hydrogen) atoms. The molecule has 0 amide bonds. The first-order valence-electron chi connectivity index (χ1n) is 11.6. The molecule has 1 aliphatic rings. The molecule has 0 atom stereocenters. The van der Waals surface area contributed by atoms with E-state index >= 15 is 0 Å². The lowest BCUT2D eigenvalue weighted by molar-refractivity contribution is -0.142. The van der Waals surface area contributed by atoms with Crippen LogP contribution in [0.4, 0.5) is 30.7 Å². The number of fused-ring (bicyclic) bond motifs is 1. The van der Waals surface area contributed by atoms with Crippen molar-refractivity contribution in [2.75, 3.05) is 0 Å². The lowest BCUT2D eigenvalue weighted by atomic mass is 9.80. The summed E-state index contributed by atoms with van der Waals surface area (Å²) in [7, 11) is 0. The van der Waals surface area contributed by atoms with Crippen molar-refractivity contribution in [3.05, 3.63) is 70.8 Å². The van der Waals surface area contributed by atoms with Crippen molar-refractivity contribution in [2.24, 2.45) is 11.8 Å². The fourth-order valence-electron chi connectivity index (χ4n) is 4.86. The molecule has 0 unspecified atom stereocenters. The quantitative estimate of drug-likeness (QED) is 0.253. The molecule has 1 aliphatic carbocycles. The maximum absolute atomic E-state index is 14.9. The van der Waals surface area contributed by atoms with E-state index in [4.69, 9.17) is 0 Å². The van der Waals surface area contributed by atoms with Crippen molar-refractivity contribution in [3.8, 4) is 23.0 Å². The summed E-state index contributed by atoms with van der Waals surface area (Å²) >= 11 is 0. The molecule has 0 N–H and O–H groups in total. The van der Waals surface area contributed by atoms with Gasteiger partial charge in [0.1, 0.15) is 28.8 Å². The third-order valence-electron chi connectivity index (χ3n) is 6.61. The Morgan fingerprint density at radius 3 is 2.11 bits per heavy atom. The molecule has 0 aliphatic heterocycles. The van der Waals surface area contributed by atoms with Crippen molar-refractivity contribution in [1.29, 1.82) is 0 Å². The molecule has 0 spiro atoms. The van der Waals surface area contributed by atoms with Gasteiger partial charge in [0.2, 0.25) is 0 Å². The van der Waals surface area contributed by atoms with Gasteiger partial charge in [0, 0.05) is 16.9 Å². The topological polar surface area (TPSA) is 0 Å². The predicted molar refractivity (Wildman–Crippen MR) is 121 cm³/mol. The van der Waals surface area contributed by atoms with Gasteiger partial charge in [-0.25, -0.2) is 17.6 Å². The van der Waals surface area contributed by atoms with Crippen LogP contribution in [0.2, 0.25) is 0 Å². The number of hydrogen-bond acceptors (Lipinski definition) is 0. The molecule has 3 aromatic carbocycles. The predicted octanol–water partition coefficient (Wildman–Crippen LogP) is 9.04. The molecule has 3 aromatic rings. The maximum Gasteiger partial charge on any atom is 0.422 e. The minimum absolute atomic E-state index is 0.0557. The summed E-state index contributed by atoms with van der Waals surface area (Å²) in [5.74, 6) is 1.45. The van der Waals surface area contributed by atoms with E-state index < -0.39 is 46.0 Å². The van der Waals surface area contributed by atoms with E-state index in [0.29, 0.717) is 6.07 Å². The maximum atomic E-state index is 14.9. The Labute approximate surface area is 199 Å². The summed E-state index contributed by atoms with van der Waals surface area (Å²) in [6.45, 7) is 2.16. The fourth-order valence-corrected chi connectivity index (χ4v) is 4.86. The average Bonchev–Trinajstić information content (AvgIpc) is 2.77. The molecule has 1 fully saturated rings. The van der Waals surface area contributed by atoms with Crippen LogP contribution in [0.25, 0.3) is 21.9 Å². The smallest absolute Gasteiger partial charge is 0.206 e. The summed E-state index contributed by atoms with van der Waals surface area (Å²) in [6, 6.07) is 5.80. The standard InChI is InChI=1S/C28H23F7/c1-2-3-16-4-6-17(7-5-16)8-9-18-12-22(29)25(23(30)13-18)19-10-11-21-20(14-19)15-24(31)26(27(21)32)28(33,34)35/h10-17H,2-7H2,1H3. The first kappa shape index (κ1) is 25.1. The minimum atomic E-state index is -5.22.